The number of aliphatic hydroxyl groups is 1. The fourth-order valence-electron chi connectivity index (χ4n) is 3.07. The van der Waals surface area contributed by atoms with Gasteiger partial charge in [-0.15, -0.1) is 45.7 Å². The topological polar surface area (TPSA) is 84.2 Å². The van der Waals surface area contributed by atoms with Gasteiger partial charge in [0.1, 0.15) is 0 Å². The Morgan fingerprint density at radius 1 is 1.44 bits per heavy atom. The van der Waals surface area contributed by atoms with E-state index < -0.39 is 6.10 Å². The summed E-state index contributed by atoms with van der Waals surface area (Å²) in [5, 5.41) is 14.0. The van der Waals surface area contributed by atoms with Crippen molar-refractivity contribution in [1.82, 2.24) is 14.9 Å². The van der Waals surface area contributed by atoms with Gasteiger partial charge in [0, 0.05) is 17.4 Å². The largest absolute Gasteiger partial charge is 0.391 e. The quantitative estimate of drug-likeness (QED) is 0.565. The van der Waals surface area contributed by atoms with Gasteiger partial charge in [0.05, 0.1) is 34.9 Å². The number of piperidine rings is 1. The molecule has 1 aliphatic heterocycles. The summed E-state index contributed by atoms with van der Waals surface area (Å²) in [5.41, 5.74) is 0.275. The number of aliphatic hydroxyl groups excluding tert-OH is 1. The van der Waals surface area contributed by atoms with Crippen LogP contribution in [0.3, 0.4) is 0 Å². The van der Waals surface area contributed by atoms with Crippen LogP contribution < -0.4 is 10.9 Å². The molecule has 1 aromatic carbocycles. The van der Waals surface area contributed by atoms with E-state index in [9.17, 15) is 14.7 Å². The second-order valence-electron chi connectivity index (χ2n) is 6.19. The first kappa shape index (κ1) is 24.6. The first-order chi connectivity index (χ1) is 12.0. The number of ketones is 1. The number of carbonyl (C=O) groups is 1. The number of rotatable bonds is 5. The van der Waals surface area contributed by atoms with Crippen molar-refractivity contribution in [3.05, 3.63) is 33.8 Å². The molecular formula is C17H22Br2ClN3O3S. The van der Waals surface area contributed by atoms with Gasteiger partial charge in [-0.3, -0.25) is 14.2 Å². The highest BCUT2D eigenvalue weighted by Gasteiger charge is 2.25. The zero-order chi connectivity index (χ0) is 18.0. The molecule has 3 rings (SSSR count). The van der Waals surface area contributed by atoms with Crippen molar-refractivity contribution in [2.24, 2.45) is 0 Å². The molecule has 10 heteroatoms. The molecule has 1 fully saturated rings. The third kappa shape index (κ3) is 5.77. The Kier molecular flexibility index (Phi) is 9.95. The fourth-order valence-corrected chi connectivity index (χ4v) is 3.95. The molecule has 0 amide bonds. The van der Waals surface area contributed by atoms with E-state index in [-0.39, 0.29) is 64.3 Å². The number of aromatic nitrogens is 2. The first-order valence-electron chi connectivity index (χ1n) is 8.15. The molecule has 0 saturated carbocycles. The number of hydrogen-bond acceptors (Lipinski definition) is 6. The Morgan fingerprint density at radius 2 is 2.19 bits per heavy atom. The summed E-state index contributed by atoms with van der Waals surface area (Å²) in [4.78, 5) is 30.1. The zero-order valence-electron chi connectivity index (χ0n) is 14.7. The predicted molar refractivity (Wildman–Crippen MR) is 120 cm³/mol. The number of carbonyl (C=O) groups excluding carboxylic acids is 1. The van der Waals surface area contributed by atoms with Crippen LogP contribution in [0.1, 0.15) is 19.3 Å². The third-order valence-corrected chi connectivity index (χ3v) is 5.64. The number of fused-ring (bicyclic) bond motifs is 1. The summed E-state index contributed by atoms with van der Waals surface area (Å²) >= 11 is 7.66. The summed E-state index contributed by atoms with van der Waals surface area (Å²) in [6.45, 7) is 0.733. The number of nitrogens with one attached hydrogen (secondary N) is 1. The van der Waals surface area contributed by atoms with Gasteiger partial charge in [0.2, 0.25) is 0 Å². The van der Waals surface area contributed by atoms with E-state index in [4.69, 9.17) is 11.6 Å². The molecular weight excluding hydrogens is 522 g/mol. The van der Waals surface area contributed by atoms with Crippen molar-refractivity contribution in [2.45, 2.75) is 42.8 Å². The smallest absolute Gasteiger partial charge is 0.261 e. The van der Waals surface area contributed by atoms with Crippen molar-refractivity contribution in [3.8, 4) is 0 Å². The monoisotopic (exact) mass is 541 g/mol. The van der Waals surface area contributed by atoms with Crippen LogP contribution in [-0.4, -0.2) is 45.4 Å². The SMILES string of the molecule is Br.Br.CSc1cc2ncn(CC(=O)C[C@H]3NCCC[C@@H]3O)c(=O)c2cc1Cl. The minimum Gasteiger partial charge on any atom is -0.391 e. The van der Waals surface area contributed by atoms with E-state index in [1.54, 1.807) is 12.1 Å². The highest BCUT2D eigenvalue weighted by Crippen LogP contribution is 2.28. The van der Waals surface area contributed by atoms with Gasteiger partial charge in [-0.25, -0.2) is 4.98 Å². The molecule has 2 atom stereocenters. The van der Waals surface area contributed by atoms with Crippen LogP contribution in [0.4, 0.5) is 0 Å². The van der Waals surface area contributed by atoms with E-state index in [0.717, 1.165) is 17.9 Å². The fraction of sp³-hybridized carbons (Fsp3) is 0.471. The van der Waals surface area contributed by atoms with E-state index in [1.165, 1.54) is 22.7 Å². The summed E-state index contributed by atoms with van der Waals surface area (Å²) in [6, 6.07) is 3.13. The molecule has 2 N–H and O–H groups in total. The lowest BCUT2D eigenvalue weighted by molar-refractivity contribution is -0.121. The van der Waals surface area contributed by atoms with E-state index in [2.05, 4.69) is 10.3 Å². The standard InChI is InChI=1S/C17H20ClN3O3S.2BrH/c1-25-16-7-13-11(6-12(16)18)17(24)21(9-20-13)8-10(22)5-14-15(23)3-2-4-19-14;;/h6-7,9,14-15,19,23H,2-5,8H2,1H3;2*1H/t14-,15+;;/m1../s1. The van der Waals surface area contributed by atoms with Crippen LogP contribution in [-0.2, 0) is 11.3 Å². The molecule has 150 valence electrons. The van der Waals surface area contributed by atoms with Crippen LogP contribution in [0.2, 0.25) is 5.02 Å². The van der Waals surface area contributed by atoms with Crippen LogP contribution in [0.5, 0.6) is 0 Å². The second kappa shape index (κ2) is 10.9. The molecule has 0 radical (unpaired) electrons. The molecule has 0 spiro atoms. The summed E-state index contributed by atoms with van der Waals surface area (Å²) in [7, 11) is 0. The third-order valence-electron chi connectivity index (χ3n) is 4.44. The number of thioether (sulfide) groups is 1. The number of benzene rings is 1. The van der Waals surface area contributed by atoms with Gasteiger partial charge >= 0.3 is 0 Å². The van der Waals surface area contributed by atoms with Crippen LogP contribution in [0.15, 0.2) is 28.2 Å². The summed E-state index contributed by atoms with van der Waals surface area (Å²) in [6.07, 6.45) is 4.56. The van der Waals surface area contributed by atoms with Gasteiger partial charge in [-0.05, 0) is 37.8 Å². The number of halogens is 3. The van der Waals surface area contributed by atoms with Gasteiger partial charge in [-0.1, -0.05) is 11.6 Å². The molecule has 27 heavy (non-hydrogen) atoms. The van der Waals surface area contributed by atoms with Crippen LogP contribution in [0, 0.1) is 0 Å². The lowest BCUT2D eigenvalue weighted by Crippen LogP contribution is -2.46. The molecule has 0 aliphatic carbocycles. The molecule has 0 unspecified atom stereocenters. The average Bonchev–Trinajstić information content (AvgIpc) is 2.59. The predicted octanol–water partition coefficient (Wildman–Crippen LogP) is 3.00. The second-order valence-corrected chi connectivity index (χ2v) is 7.45. The Bertz CT molecular complexity index is 865. The highest BCUT2D eigenvalue weighted by molar-refractivity contribution is 8.93. The van der Waals surface area contributed by atoms with Gasteiger partial charge in [-0.2, -0.15) is 0 Å². The van der Waals surface area contributed by atoms with Crippen LogP contribution in [0.25, 0.3) is 10.9 Å². The van der Waals surface area contributed by atoms with Crippen molar-refractivity contribution in [3.63, 3.8) is 0 Å². The van der Waals surface area contributed by atoms with E-state index in [1.807, 2.05) is 6.26 Å². The number of hydrogen-bond donors (Lipinski definition) is 2. The van der Waals surface area contributed by atoms with Crippen LogP contribution >= 0.6 is 57.3 Å². The first-order valence-corrected chi connectivity index (χ1v) is 9.75. The van der Waals surface area contributed by atoms with Gasteiger partial charge in [0.25, 0.3) is 5.56 Å². The molecule has 6 nitrogen and oxygen atoms in total. The minimum atomic E-state index is -0.520. The molecule has 2 aromatic rings. The summed E-state index contributed by atoms with van der Waals surface area (Å²) < 4.78 is 1.30. The Labute approximate surface area is 187 Å². The maximum absolute atomic E-state index is 12.6. The maximum Gasteiger partial charge on any atom is 0.261 e. The lowest BCUT2D eigenvalue weighted by atomic mass is 9.97. The molecule has 2 heterocycles. The van der Waals surface area contributed by atoms with Crippen molar-refractivity contribution < 1.29 is 9.90 Å². The maximum atomic E-state index is 12.6. The molecule has 1 aliphatic rings. The van der Waals surface area contributed by atoms with Crippen molar-refractivity contribution in [2.75, 3.05) is 12.8 Å². The highest BCUT2D eigenvalue weighted by atomic mass is 79.9. The van der Waals surface area contributed by atoms with Crippen molar-refractivity contribution >= 4 is 74.0 Å². The van der Waals surface area contributed by atoms with Crippen molar-refractivity contribution in [1.29, 1.82) is 0 Å². The number of Topliss-reactive ketones (excluding diaryl/α,β-unsaturated/α-hetero) is 1. The van der Waals surface area contributed by atoms with E-state index >= 15 is 0 Å². The Hall–Kier alpha value is -0.450. The molecule has 1 saturated heterocycles. The molecule has 0 bridgehead atoms. The summed E-state index contributed by atoms with van der Waals surface area (Å²) in [5.74, 6) is -0.117. The average molecular weight is 544 g/mol. The number of nitrogens with zero attached hydrogens (tertiary/aromatic N) is 2. The Morgan fingerprint density at radius 3 is 2.85 bits per heavy atom. The Balaban J connectivity index is 0.00000182. The molecule has 1 aromatic heterocycles. The van der Waals surface area contributed by atoms with Gasteiger partial charge < -0.3 is 10.4 Å². The minimum absolute atomic E-state index is 0. The van der Waals surface area contributed by atoms with E-state index in [0.29, 0.717) is 22.3 Å². The zero-order valence-corrected chi connectivity index (χ0v) is 19.7. The normalized spacial score (nSPS) is 19.2. The van der Waals surface area contributed by atoms with Gasteiger partial charge in [0.15, 0.2) is 5.78 Å². The lowest BCUT2D eigenvalue weighted by Gasteiger charge is -2.28.